The zero-order valence-electron chi connectivity index (χ0n) is 32.3. The lowest BCUT2D eigenvalue weighted by Crippen LogP contribution is -2.59. The first-order valence-corrected chi connectivity index (χ1v) is 20.5. The lowest BCUT2D eigenvalue weighted by atomic mass is 9.79. The molecule has 0 saturated heterocycles. The summed E-state index contributed by atoms with van der Waals surface area (Å²) in [7, 11) is 2.61. The van der Waals surface area contributed by atoms with Crippen LogP contribution in [-0.2, 0) is 14.1 Å². The van der Waals surface area contributed by atoms with Gasteiger partial charge in [0.25, 0.3) is 0 Å². The van der Waals surface area contributed by atoms with Gasteiger partial charge in [-0.1, -0.05) is 134 Å². The molecular formula is C43H61ClN2Si. The monoisotopic (exact) mass is 668 g/mol. The molecule has 0 spiro atoms. The van der Waals surface area contributed by atoms with E-state index in [1.807, 2.05) is 0 Å². The van der Waals surface area contributed by atoms with E-state index in [0.717, 1.165) is 0 Å². The third kappa shape index (κ3) is 6.95. The van der Waals surface area contributed by atoms with Crippen LogP contribution in [0.25, 0.3) is 22.3 Å². The summed E-state index contributed by atoms with van der Waals surface area (Å²) in [5.74, 6) is 2.44. The van der Waals surface area contributed by atoms with Gasteiger partial charge in [0.1, 0.15) is 16.8 Å². The molecule has 0 radical (unpaired) electrons. The number of imidazole rings is 1. The number of rotatable bonds is 10. The van der Waals surface area contributed by atoms with Crippen molar-refractivity contribution in [1.29, 1.82) is 0 Å². The highest BCUT2D eigenvalue weighted by atomic mass is 35.6. The van der Waals surface area contributed by atoms with Crippen molar-refractivity contribution in [3.8, 4) is 22.3 Å². The second kappa shape index (κ2) is 14.5. The van der Waals surface area contributed by atoms with E-state index in [4.69, 9.17) is 11.1 Å². The van der Waals surface area contributed by atoms with Crippen LogP contribution in [0.5, 0.6) is 0 Å². The molecule has 0 N–H and O–H groups in total. The van der Waals surface area contributed by atoms with Crippen molar-refractivity contribution < 1.29 is 4.57 Å². The molecule has 0 aliphatic heterocycles. The summed E-state index contributed by atoms with van der Waals surface area (Å²) in [6.07, 6.45) is 0. The lowest BCUT2D eigenvalue weighted by Gasteiger charge is -2.34. The van der Waals surface area contributed by atoms with E-state index in [1.54, 1.807) is 0 Å². The fraction of sp³-hybridized carbons (Fsp3) is 0.512. The number of benzene rings is 3. The van der Waals surface area contributed by atoms with Gasteiger partial charge in [0.05, 0.1) is 14.1 Å². The summed E-state index contributed by atoms with van der Waals surface area (Å²) in [4.78, 5) is 0. The highest BCUT2D eigenvalue weighted by Crippen LogP contribution is 2.43. The average molecular weight is 670 g/mol. The molecule has 4 heteroatoms. The molecule has 4 aromatic rings. The highest BCUT2D eigenvalue weighted by Gasteiger charge is 2.28. The minimum absolute atomic E-state index is 0.377. The molecule has 0 aliphatic rings. The molecule has 0 fully saturated rings. The van der Waals surface area contributed by atoms with Gasteiger partial charge in [-0.25, -0.2) is 0 Å². The smallest absolute Gasteiger partial charge is 0.139 e. The van der Waals surface area contributed by atoms with Crippen LogP contribution in [0.2, 0.25) is 0 Å². The van der Waals surface area contributed by atoms with Crippen LogP contribution < -0.4 is 15.2 Å². The van der Waals surface area contributed by atoms with E-state index in [9.17, 15) is 0 Å². The Balaban J connectivity index is 2.30. The maximum Gasteiger partial charge on any atom is 0.139 e. The van der Waals surface area contributed by atoms with Crippen LogP contribution in [0.3, 0.4) is 0 Å². The second-order valence-corrected chi connectivity index (χ2v) is 18.4. The van der Waals surface area contributed by atoms with Crippen LogP contribution in [0.15, 0.2) is 42.5 Å². The van der Waals surface area contributed by atoms with E-state index in [2.05, 4.69) is 163 Å². The Labute approximate surface area is 293 Å². The standard InChI is InChI=1S/C43H61ClN2Si/c1-24(2)32-20-36(26(5)6)40(37(21-32)27(7)8)34-18-17-19-35(42(34)47(44)43-45(15)30(13)31(14)46(43)16)41-38(28(9)10)22-33(25(3)4)23-39(41)29(11)12/h17-29H,1-16H3. The molecule has 0 atom stereocenters. The molecule has 47 heavy (non-hydrogen) atoms. The Kier molecular flexibility index (Phi) is 11.5. The molecule has 254 valence electrons. The Morgan fingerprint density at radius 3 is 1.19 bits per heavy atom. The molecule has 0 bridgehead atoms. The highest BCUT2D eigenvalue weighted by molar-refractivity contribution is 7.21. The van der Waals surface area contributed by atoms with Gasteiger partial charge in [-0.15, -0.1) is 0 Å². The van der Waals surface area contributed by atoms with Crippen molar-refractivity contribution >= 4 is 29.8 Å². The number of hydrogen-bond acceptors (Lipinski definition) is 0. The minimum Gasteiger partial charge on any atom is -0.347 e. The zero-order chi connectivity index (χ0) is 35.2. The van der Waals surface area contributed by atoms with Crippen LogP contribution in [-0.4, -0.2) is 12.7 Å². The lowest BCUT2D eigenvalue weighted by molar-refractivity contribution is -0.659. The summed E-state index contributed by atoms with van der Waals surface area (Å²) < 4.78 is 4.70. The van der Waals surface area contributed by atoms with Crippen molar-refractivity contribution in [3.05, 3.63) is 87.2 Å². The third-order valence-corrected chi connectivity index (χ3v) is 13.6. The van der Waals surface area contributed by atoms with Crippen molar-refractivity contribution in [2.75, 3.05) is 0 Å². The van der Waals surface area contributed by atoms with Crippen molar-refractivity contribution in [1.82, 2.24) is 4.57 Å². The van der Waals surface area contributed by atoms with Gasteiger partial charge in [-0.3, -0.25) is 9.13 Å². The normalized spacial score (nSPS) is 12.2. The maximum atomic E-state index is 8.09. The van der Waals surface area contributed by atoms with Crippen LogP contribution in [0.4, 0.5) is 0 Å². The predicted octanol–water partition coefficient (Wildman–Crippen LogP) is 10.9. The summed E-state index contributed by atoms with van der Waals surface area (Å²) in [6, 6.07) is 17.0. The van der Waals surface area contributed by atoms with E-state index in [-0.39, 0.29) is 0 Å². The maximum absolute atomic E-state index is 8.09. The van der Waals surface area contributed by atoms with Crippen molar-refractivity contribution in [2.45, 2.75) is 132 Å². The minimum atomic E-state index is -1.78. The van der Waals surface area contributed by atoms with Gasteiger partial charge in [0.2, 0.25) is 0 Å². The fourth-order valence-corrected chi connectivity index (χ4v) is 10.6. The Morgan fingerprint density at radius 2 is 0.936 bits per heavy atom. The molecular weight excluding hydrogens is 608 g/mol. The topological polar surface area (TPSA) is 8.81 Å². The van der Waals surface area contributed by atoms with Crippen LogP contribution in [0.1, 0.15) is 163 Å². The molecule has 3 aromatic carbocycles. The first kappa shape index (κ1) is 37.2. The zero-order valence-corrected chi connectivity index (χ0v) is 34.0. The van der Waals surface area contributed by atoms with E-state index < -0.39 is 8.11 Å². The molecule has 2 nitrogen and oxygen atoms in total. The number of hydrogen-bond donors (Lipinski definition) is 0. The third-order valence-electron chi connectivity index (χ3n) is 10.4. The summed E-state index contributed by atoms with van der Waals surface area (Å²) in [5.41, 5.74) is 17.7. The predicted molar refractivity (Wildman–Crippen MR) is 209 cm³/mol. The first-order chi connectivity index (χ1) is 21.9. The summed E-state index contributed by atoms with van der Waals surface area (Å²) in [6.45, 7) is 32.5. The number of aromatic nitrogens is 2. The number of nitrogens with zero attached hydrogens (tertiary/aromatic N) is 2. The van der Waals surface area contributed by atoms with Gasteiger partial charge >= 0.3 is 0 Å². The van der Waals surface area contributed by atoms with Gasteiger partial charge in [0.15, 0.2) is 0 Å². The largest absolute Gasteiger partial charge is 0.347 e. The summed E-state index contributed by atoms with van der Waals surface area (Å²) in [5, 5.41) is 1.32. The van der Waals surface area contributed by atoms with Crippen LogP contribution in [0, 0.1) is 13.8 Å². The first-order valence-electron chi connectivity index (χ1n) is 17.9. The van der Waals surface area contributed by atoms with Gasteiger partial charge in [0, 0.05) is 13.8 Å². The molecule has 0 saturated carbocycles. The second-order valence-electron chi connectivity index (χ2n) is 15.7. The van der Waals surface area contributed by atoms with Crippen molar-refractivity contribution in [2.24, 2.45) is 14.1 Å². The SMILES string of the molecule is Cc1c(C)[n+](C)c([Si-](Cl)c2c(-c3c(C(C)C)cc(C(C)C)cc3C(C)C)cccc2-c2c(C(C)C)cc(C(C)C)cc2C(C)C)n1C. The Hall–Kier alpha value is -2.62. The molecule has 0 aliphatic carbocycles. The molecule has 0 amide bonds. The Morgan fingerprint density at radius 1 is 0.596 bits per heavy atom. The molecule has 4 rings (SSSR count). The van der Waals surface area contributed by atoms with E-state index >= 15 is 0 Å². The molecule has 1 heterocycles. The molecule has 0 unspecified atom stereocenters. The van der Waals surface area contributed by atoms with Crippen LogP contribution >= 0.6 is 11.1 Å². The summed E-state index contributed by atoms with van der Waals surface area (Å²) >= 11 is 8.09. The fourth-order valence-electron chi connectivity index (χ4n) is 7.17. The van der Waals surface area contributed by atoms with Crippen molar-refractivity contribution in [3.63, 3.8) is 0 Å². The van der Waals surface area contributed by atoms with Gasteiger partial charge in [-0.2, -0.15) is 5.19 Å². The number of halogens is 1. The average Bonchev–Trinajstić information content (AvgIpc) is 3.20. The van der Waals surface area contributed by atoms with E-state index in [0.29, 0.717) is 35.5 Å². The van der Waals surface area contributed by atoms with Gasteiger partial charge < -0.3 is 11.1 Å². The molecule has 1 aromatic heterocycles. The van der Waals surface area contributed by atoms with E-state index in [1.165, 1.54) is 77.7 Å². The Bertz CT molecular complexity index is 1570. The quantitative estimate of drug-likeness (QED) is 0.0903. The van der Waals surface area contributed by atoms with Gasteiger partial charge in [-0.05, 0) is 91.1 Å².